The van der Waals surface area contributed by atoms with Crippen LogP contribution in [-0.4, -0.2) is 33.3 Å². The van der Waals surface area contributed by atoms with Crippen LogP contribution in [0.4, 0.5) is 4.79 Å². The van der Waals surface area contributed by atoms with Crippen molar-refractivity contribution in [2.45, 2.75) is 26.4 Å². The van der Waals surface area contributed by atoms with Crippen molar-refractivity contribution in [3.63, 3.8) is 0 Å². The Hall–Kier alpha value is -3.67. The van der Waals surface area contributed by atoms with Crippen LogP contribution < -0.4 is 4.74 Å². The lowest BCUT2D eigenvalue weighted by Crippen LogP contribution is -2.27. The molecule has 30 heavy (non-hydrogen) atoms. The van der Waals surface area contributed by atoms with Gasteiger partial charge in [-0.1, -0.05) is 24.3 Å². The van der Waals surface area contributed by atoms with Gasteiger partial charge >= 0.3 is 6.09 Å². The van der Waals surface area contributed by atoms with Crippen LogP contribution in [-0.2, 0) is 4.74 Å². The van der Waals surface area contributed by atoms with Crippen molar-refractivity contribution in [2.75, 3.05) is 7.11 Å². The van der Waals surface area contributed by atoms with Crippen molar-refractivity contribution in [1.29, 1.82) is 0 Å². The van der Waals surface area contributed by atoms with Gasteiger partial charge in [-0.2, -0.15) is 0 Å². The first-order valence-corrected chi connectivity index (χ1v) is 9.65. The van der Waals surface area contributed by atoms with E-state index >= 15 is 0 Å². The number of nitrogens with zero attached hydrogens (tertiary/aromatic N) is 3. The maximum atomic E-state index is 13.0. The summed E-state index contributed by atoms with van der Waals surface area (Å²) in [6.07, 6.45) is 4.74. The number of hydrogen-bond donors (Lipinski definition) is 0. The van der Waals surface area contributed by atoms with E-state index in [2.05, 4.69) is 9.97 Å². The van der Waals surface area contributed by atoms with Crippen molar-refractivity contribution < 1.29 is 14.3 Å². The minimum atomic E-state index is -0.599. The second-order valence-corrected chi connectivity index (χ2v) is 7.95. The Bertz CT molecular complexity index is 1190. The maximum Gasteiger partial charge on any atom is 0.419 e. The minimum absolute atomic E-state index is 0.427. The van der Waals surface area contributed by atoms with Crippen LogP contribution in [0.2, 0.25) is 0 Å². The predicted molar refractivity (Wildman–Crippen MR) is 117 cm³/mol. The van der Waals surface area contributed by atoms with Gasteiger partial charge in [0.25, 0.3) is 0 Å². The Morgan fingerprint density at radius 3 is 2.27 bits per heavy atom. The first-order chi connectivity index (χ1) is 14.4. The molecule has 4 rings (SSSR count). The Morgan fingerprint density at radius 1 is 0.933 bits per heavy atom. The summed E-state index contributed by atoms with van der Waals surface area (Å²) < 4.78 is 12.3. The van der Waals surface area contributed by atoms with E-state index in [1.807, 2.05) is 69.3 Å². The maximum absolute atomic E-state index is 13.0. The van der Waals surface area contributed by atoms with E-state index in [1.54, 1.807) is 30.3 Å². The van der Waals surface area contributed by atoms with Gasteiger partial charge in [0.2, 0.25) is 5.88 Å². The summed E-state index contributed by atoms with van der Waals surface area (Å²) in [5.41, 5.74) is 3.78. The van der Waals surface area contributed by atoms with Crippen LogP contribution in [0.25, 0.3) is 33.3 Å². The lowest BCUT2D eigenvalue weighted by Gasteiger charge is -2.21. The van der Waals surface area contributed by atoms with E-state index in [4.69, 9.17) is 9.47 Å². The first-order valence-electron chi connectivity index (χ1n) is 9.65. The largest absolute Gasteiger partial charge is 0.481 e. The van der Waals surface area contributed by atoms with Crippen LogP contribution in [0.5, 0.6) is 5.88 Å². The number of fused-ring (bicyclic) bond motifs is 1. The third-order valence-electron chi connectivity index (χ3n) is 4.64. The lowest BCUT2D eigenvalue weighted by molar-refractivity contribution is 0.0547. The van der Waals surface area contributed by atoms with E-state index in [0.29, 0.717) is 11.4 Å². The summed E-state index contributed by atoms with van der Waals surface area (Å²) in [5.74, 6) is 0.575. The third-order valence-corrected chi connectivity index (χ3v) is 4.64. The molecule has 6 heteroatoms. The zero-order valence-electron chi connectivity index (χ0n) is 17.4. The molecule has 0 unspecified atom stereocenters. The molecule has 0 N–H and O–H groups in total. The Kier molecular flexibility index (Phi) is 4.99. The molecular weight excluding hydrogens is 378 g/mol. The number of carbonyl (C=O) groups is 1. The predicted octanol–water partition coefficient (Wildman–Crippen LogP) is 5.56. The van der Waals surface area contributed by atoms with Crippen LogP contribution in [0.3, 0.4) is 0 Å². The summed E-state index contributed by atoms with van der Waals surface area (Å²) in [6, 6.07) is 15.6. The van der Waals surface area contributed by atoms with Gasteiger partial charge in [-0.15, -0.1) is 0 Å². The fraction of sp³-hybridized carbons (Fsp3) is 0.208. The molecule has 3 heterocycles. The topological polar surface area (TPSA) is 66.2 Å². The SMILES string of the molecule is COc1ccc(-c2ccc(-c3cc4ccncc4n3C(=O)OC(C)(C)C)cc2)cn1. The van der Waals surface area contributed by atoms with Crippen molar-refractivity contribution >= 4 is 17.0 Å². The number of hydrogen-bond acceptors (Lipinski definition) is 5. The van der Waals surface area contributed by atoms with Crippen LogP contribution in [0.15, 0.2) is 67.1 Å². The molecule has 0 aliphatic heterocycles. The zero-order valence-corrected chi connectivity index (χ0v) is 17.4. The Morgan fingerprint density at radius 2 is 1.63 bits per heavy atom. The molecule has 6 nitrogen and oxygen atoms in total. The van der Waals surface area contributed by atoms with Gasteiger partial charge in [0.15, 0.2) is 0 Å². The average molecular weight is 401 g/mol. The minimum Gasteiger partial charge on any atom is -0.481 e. The second-order valence-electron chi connectivity index (χ2n) is 7.95. The molecule has 3 aromatic heterocycles. The molecule has 0 saturated heterocycles. The number of carbonyl (C=O) groups excluding carboxylic acids is 1. The van der Waals surface area contributed by atoms with E-state index in [1.165, 1.54) is 0 Å². The molecule has 152 valence electrons. The zero-order chi connectivity index (χ0) is 21.3. The van der Waals surface area contributed by atoms with Crippen molar-refractivity contribution in [3.05, 3.63) is 67.1 Å². The first kappa shape index (κ1) is 19.6. The summed E-state index contributed by atoms with van der Waals surface area (Å²) >= 11 is 0. The number of aromatic nitrogens is 3. The Labute approximate surface area is 175 Å². The smallest absolute Gasteiger partial charge is 0.419 e. The monoisotopic (exact) mass is 401 g/mol. The van der Waals surface area contributed by atoms with Crippen LogP contribution >= 0.6 is 0 Å². The molecule has 0 aliphatic carbocycles. The quantitative estimate of drug-likeness (QED) is 0.450. The molecule has 0 spiro atoms. The van der Waals surface area contributed by atoms with E-state index in [-0.39, 0.29) is 0 Å². The highest BCUT2D eigenvalue weighted by Crippen LogP contribution is 2.31. The highest BCUT2D eigenvalue weighted by atomic mass is 16.6. The molecule has 0 amide bonds. The van der Waals surface area contributed by atoms with Gasteiger partial charge in [0, 0.05) is 29.4 Å². The number of benzene rings is 1. The number of rotatable bonds is 3. The fourth-order valence-electron chi connectivity index (χ4n) is 3.27. The number of ether oxygens (including phenoxy) is 2. The lowest BCUT2D eigenvalue weighted by atomic mass is 10.0. The molecule has 0 radical (unpaired) electrons. The van der Waals surface area contributed by atoms with Gasteiger partial charge < -0.3 is 9.47 Å². The van der Waals surface area contributed by atoms with Crippen LogP contribution in [0, 0.1) is 0 Å². The molecule has 0 bridgehead atoms. The van der Waals surface area contributed by atoms with E-state index < -0.39 is 11.7 Å². The van der Waals surface area contributed by atoms with Gasteiger partial charge in [0.05, 0.1) is 24.5 Å². The molecule has 1 aromatic carbocycles. The highest BCUT2D eigenvalue weighted by molar-refractivity contribution is 5.96. The molecule has 0 aliphatic rings. The van der Waals surface area contributed by atoms with Gasteiger partial charge in [0.1, 0.15) is 5.60 Å². The standard InChI is InChI=1S/C24H23N3O3/c1-24(2,3)30-23(28)27-20(13-18-11-12-25-15-21(18)27)17-7-5-16(6-8-17)19-9-10-22(29-4)26-14-19/h5-15H,1-4H3. The summed E-state index contributed by atoms with van der Waals surface area (Å²) in [6.45, 7) is 5.56. The molecule has 0 fully saturated rings. The highest BCUT2D eigenvalue weighted by Gasteiger charge is 2.23. The normalized spacial score (nSPS) is 11.5. The van der Waals surface area contributed by atoms with Gasteiger partial charge in [-0.05, 0) is 50.1 Å². The second kappa shape index (κ2) is 7.63. The van der Waals surface area contributed by atoms with Crippen LogP contribution in [0.1, 0.15) is 20.8 Å². The van der Waals surface area contributed by atoms with E-state index in [9.17, 15) is 4.79 Å². The average Bonchev–Trinajstić information content (AvgIpc) is 3.12. The number of pyridine rings is 2. The Balaban J connectivity index is 1.75. The van der Waals surface area contributed by atoms with Gasteiger partial charge in [-0.3, -0.25) is 4.98 Å². The molecular formula is C24H23N3O3. The van der Waals surface area contributed by atoms with Crippen molar-refractivity contribution in [3.8, 4) is 28.3 Å². The van der Waals surface area contributed by atoms with E-state index in [0.717, 1.165) is 27.8 Å². The summed E-state index contributed by atoms with van der Waals surface area (Å²) in [5, 5.41) is 0.925. The summed E-state index contributed by atoms with van der Waals surface area (Å²) in [4.78, 5) is 21.4. The molecule has 0 saturated carbocycles. The van der Waals surface area contributed by atoms with Crippen molar-refractivity contribution in [1.82, 2.24) is 14.5 Å². The fourth-order valence-corrected chi connectivity index (χ4v) is 3.27. The molecule has 4 aromatic rings. The summed E-state index contributed by atoms with van der Waals surface area (Å²) in [7, 11) is 1.59. The molecule has 0 atom stereocenters. The van der Waals surface area contributed by atoms with Gasteiger partial charge in [-0.25, -0.2) is 14.3 Å². The number of methoxy groups -OCH3 is 1. The third kappa shape index (κ3) is 3.89. The van der Waals surface area contributed by atoms with Crippen molar-refractivity contribution in [2.24, 2.45) is 0 Å².